The summed E-state index contributed by atoms with van der Waals surface area (Å²) in [6, 6.07) is 0. The molecule has 0 radical (unpaired) electrons. The van der Waals surface area contributed by atoms with Gasteiger partial charge in [0.15, 0.2) is 0 Å². The molecule has 0 aromatic heterocycles. The summed E-state index contributed by atoms with van der Waals surface area (Å²) in [5.41, 5.74) is 0. The Hall–Kier alpha value is 1.72. The first-order valence-corrected chi connectivity index (χ1v) is 23.1. The van der Waals surface area contributed by atoms with Crippen molar-refractivity contribution < 1.29 is 0 Å². The number of rotatable bonds is 27. The molecule has 0 aromatic rings. The topological polar surface area (TPSA) is 0 Å². The molecule has 0 fully saturated rings. The van der Waals surface area contributed by atoms with Gasteiger partial charge in [-0.25, -0.2) is 0 Å². The van der Waals surface area contributed by atoms with Crippen LogP contribution in [0.2, 0.25) is 0 Å². The van der Waals surface area contributed by atoms with Crippen molar-refractivity contribution in [3.05, 3.63) is 0 Å². The van der Waals surface area contributed by atoms with E-state index in [1.165, 1.54) is 114 Å². The van der Waals surface area contributed by atoms with Crippen molar-refractivity contribution in [3.8, 4) is 0 Å². The van der Waals surface area contributed by atoms with Crippen LogP contribution in [0.15, 0.2) is 0 Å². The van der Waals surface area contributed by atoms with E-state index in [-0.39, 0.29) is 0 Å². The second-order valence-electron chi connectivity index (χ2n) is 10.2. The van der Waals surface area contributed by atoms with Gasteiger partial charge in [-0.15, -0.1) is 31.7 Å². The lowest BCUT2D eigenvalue weighted by atomic mass is 10.2. The van der Waals surface area contributed by atoms with E-state index in [9.17, 15) is 0 Å². The molecule has 34 heavy (non-hydrogen) atoms. The third-order valence-corrected chi connectivity index (χ3v) is 18.8. The maximum absolute atomic E-state index is 2.40. The zero-order chi connectivity index (χ0) is 25.3. The maximum atomic E-state index is 2.40. The molecule has 0 amide bonds. The summed E-state index contributed by atoms with van der Waals surface area (Å²) in [5, 5.41) is 0. The molecule has 0 bridgehead atoms. The third-order valence-electron chi connectivity index (χ3n) is 7.78. The minimum atomic E-state index is 0.333. The Balaban J connectivity index is 4.10. The van der Waals surface area contributed by atoms with Crippen molar-refractivity contribution in [2.75, 3.05) is 73.9 Å². The Bertz CT molecular complexity index is 321. The molecule has 0 atom stereocenters. The zero-order valence-electron chi connectivity index (χ0n) is 24.8. The maximum Gasteiger partial charge on any atom is -0.0326 e. The average molecular weight is 551 g/mol. The van der Waals surface area contributed by atoms with Crippen LogP contribution < -0.4 is 0 Å². The first-order chi connectivity index (χ1) is 16.6. The molecular weight excluding hydrogens is 484 g/mol. The van der Waals surface area contributed by atoms with Crippen LogP contribution in [0.5, 0.6) is 0 Å². The molecule has 0 aliphatic rings. The van der Waals surface area contributed by atoms with Crippen molar-refractivity contribution in [1.82, 2.24) is 0 Å². The van der Waals surface area contributed by atoms with Crippen molar-refractivity contribution in [3.63, 3.8) is 0 Å². The number of hydrogen-bond acceptors (Lipinski definition) is 0. The number of unbranched alkanes of at least 4 members (excludes halogenated alkanes) is 9. The summed E-state index contributed by atoms with van der Waals surface area (Å²) in [4.78, 5) is 0. The summed E-state index contributed by atoms with van der Waals surface area (Å²) in [6.45, 7) is 14.4. The minimum Gasteiger partial charge on any atom is -0.107 e. The molecule has 0 nitrogen and oxygen atoms in total. The summed E-state index contributed by atoms with van der Waals surface area (Å²) in [7, 11) is 1.46. The van der Waals surface area contributed by atoms with Crippen molar-refractivity contribution in [1.29, 1.82) is 0 Å². The van der Waals surface area contributed by atoms with E-state index in [1.807, 2.05) is 0 Å². The lowest BCUT2D eigenvalue weighted by molar-refractivity contribution is 0.689. The molecule has 0 aliphatic carbocycles. The Kier molecular flexibility index (Phi) is 29.2. The Labute approximate surface area is 223 Å². The molecule has 4 heteroatoms. The van der Waals surface area contributed by atoms with E-state index in [2.05, 4.69) is 41.5 Å². The summed E-state index contributed by atoms with van der Waals surface area (Å²) < 4.78 is 0. The average Bonchev–Trinajstić information content (AvgIpc) is 2.87. The first-order valence-electron chi connectivity index (χ1n) is 15.5. The van der Waals surface area contributed by atoms with Crippen LogP contribution in [0.25, 0.3) is 0 Å². The van der Waals surface area contributed by atoms with E-state index >= 15 is 0 Å². The molecule has 0 saturated carbocycles. The highest BCUT2D eigenvalue weighted by molar-refractivity contribution is 7.58. The first kappa shape index (κ1) is 35.7. The van der Waals surface area contributed by atoms with Gasteiger partial charge < -0.3 is 0 Å². The highest BCUT2D eigenvalue weighted by atomic mass is 31.1. The van der Waals surface area contributed by atoms with E-state index in [4.69, 9.17) is 0 Å². The molecule has 0 heterocycles. The predicted octanol–water partition coefficient (Wildman–Crippen LogP) is 11.7. The number of hydrogen-bond donors (Lipinski definition) is 0. The van der Waals surface area contributed by atoms with E-state index in [1.54, 1.807) is 37.0 Å². The quantitative estimate of drug-likeness (QED) is 0.0705. The summed E-state index contributed by atoms with van der Waals surface area (Å²) in [6.07, 6.45) is 36.4. The van der Waals surface area contributed by atoms with Crippen molar-refractivity contribution in [2.24, 2.45) is 0 Å². The van der Waals surface area contributed by atoms with E-state index < -0.39 is 0 Å². The van der Waals surface area contributed by atoms with Crippen LogP contribution in [0.4, 0.5) is 0 Å². The van der Waals surface area contributed by atoms with Gasteiger partial charge in [-0.1, -0.05) is 80.1 Å². The summed E-state index contributed by atoms with van der Waals surface area (Å²) >= 11 is 0. The van der Waals surface area contributed by atoms with Crippen molar-refractivity contribution >= 4 is 31.7 Å². The van der Waals surface area contributed by atoms with E-state index in [0.717, 1.165) is 0 Å². The predicted molar refractivity (Wildman–Crippen MR) is 176 cm³/mol. The Morgan fingerprint density at radius 1 is 0.235 bits per heavy atom. The second kappa shape index (κ2) is 27.7. The SMILES string of the molecule is CCP(CC)CCCCCCP(CCCCCCP(CC)CC)CCCCCCP(CC)CC. The fourth-order valence-corrected chi connectivity index (χ4v) is 13.0. The fraction of sp³-hybridized carbons (Fsp3) is 1.00. The van der Waals surface area contributed by atoms with Crippen LogP contribution in [0.1, 0.15) is 119 Å². The van der Waals surface area contributed by atoms with Gasteiger partial charge in [0.1, 0.15) is 0 Å². The third kappa shape index (κ3) is 21.8. The fourth-order valence-electron chi connectivity index (χ4n) is 5.03. The lowest BCUT2D eigenvalue weighted by Gasteiger charge is -2.19. The van der Waals surface area contributed by atoms with Gasteiger partial charge in [-0.2, -0.15) is 0 Å². The molecule has 0 spiro atoms. The minimum absolute atomic E-state index is 0.333. The van der Waals surface area contributed by atoms with Gasteiger partial charge in [0.05, 0.1) is 0 Å². The van der Waals surface area contributed by atoms with Crippen LogP contribution >= 0.6 is 31.7 Å². The van der Waals surface area contributed by atoms with E-state index in [0.29, 0.717) is 31.7 Å². The molecule has 0 aliphatic heterocycles. The van der Waals surface area contributed by atoms with Crippen LogP contribution in [0, 0.1) is 0 Å². The normalized spacial score (nSPS) is 12.2. The molecular formula is C30H66P4. The Morgan fingerprint density at radius 3 is 0.588 bits per heavy atom. The second-order valence-corrected chi connectivity index (χ2v) is 22.0. The molecule has 0 saturated heterocycles. The monoisotopic (exact) mass is 550 g/mol. The van der Waals surface area contributed by atoms with Gasteiger partial charge in [-0.3, -0.25) is 0 Å². The molecule has 206 valence electrons. The highest BCUT2D eigenvalue weighted by Gasteiger charge is 2.09. The lowest BCUT2D eigenvalue weighted by Crippen LogP contribution is -1.98. The van der Waals surface area contributed by atoms with Crippen molar-refractivity contribution in [2.45, 2.75) is 119 Å². The van der Waals surface area contributed by atoms with Crippen LogP contribution in [-0.2, 0) is 0 Å². The smallest absolute Gasteiger partial charge is 0.0326 e. The molecule has 0 aromatic carbocycles. The summed E-state index contributed by atoms with van der Waals surface area (Å²) in [5.74, 6) is 0. The highest BCUT2D eigenvalue weighted by Crippen LogP contribution is 2.41. The molecule has 0 unspecified atom stereocenters. The zero-order valence-corrected chi connectivity index (χ0v) is 28.3. The van der Waals surface area contributed by atoms with Crippen LogP contribution in [0.3, 0.4) is 0 Å². The van der Waals surface area contributed by atoms with Crippen LogP contribution in [-0.4, -0.2) is 73.9 Å². The van der Waals surface area contributed by atoms with Gasteiger partial charge in [0.2, 0.25) is 0 Å². The molecule has 0 rings (SSSR count). The largest absolute Gasteiger partial charge is 0.107 e. The van der Waals surface area contributed by atoms with Gasteiger partial charge >= 0.3 is 0 Å². The standard InChI is InChI=1S/C30H66P4/c1-7-31(8-2)25-19-13-16-22-28-34(29-23-17-14-20-26-32(9-3)10-4)30-24-18-15-21-27-33(11-5)12-6/h7-30H2,1-6H3. The van der Waals surface area contributed by atoms with Gasteiger partial charge in [0, 0.05) is 0 Å². The molecule has 0 N–H and O–H groups in total. The van der Waals surface area contributed by atoms with Gasteiger partial charge in [0.25, 0.3) is 0 Å². The van der Waals surface area contributed by atoms with Gasteiger partial charge in [-0.05, 0) is 112 Å². The Morgan fingerprint density at radius 2 is 0.412 bits per heavy atom.